The van der Waals surface area contributed by atoms with Crippen molar-refractivity contribution in [3.8, 4) is 0 Å². The van der Waals surface area contributed by atoms with Gasteiger partial charge in [0.1, 0.15) is 0 Å². The highest BCUT2D eigenvalue weighted by Gasteiger charge is 2.30. The standard InChI is InChI=1S/C12H15F3N2S/c1-8(2)17-11(18)16-7-9-4-3-5-10(6-9)12(13,14)15/h3-6,8H,7H2,1-2H3,(H2,16,17,18). The molecule has 0 atom stereocenters. The Balaban J connectivity index is 2.61. The normalized spacial score (nSPS) is 11.4. The lowest BCUT2D eigenvalue weighted by atomic mass is 10.1. The lowest BCUT2D eigenvalue weighted by Crippen LogP contribution is -2.38. The van der Waals surface area contributed by atoms with Gasteiger partial charge in [-0.2, -0.15) is 13.2 Å². The van der Waals surface area contributed by atoms with E-state index in [0.717, 1.165) is 12.1 Å². The molecule has 2 N–H and O–H groups in total. The molecule has 0 unspecified atom stereocenters. The molecule has 0 aliphatic carbocycles. The van der Waals surface area contributed by atoms with E-state index in [1.165, 1.54) is 6.07 Å². The molecule has 0 saturated carbocycles. The van der Waals surface area contributed by atoms with E-state index in [1.54, 1.807) is 6.07 Å². The number of nitrogens with one attached hydrogen (secondary N) is 2. The maximum atomic E-state index is 12.5. The van der Waals surface area contributed by atoms with Crippen molar-refractivity contribution in [2.24, 2.45) is 0 Å². The molecule has 0 aromatic heterocycles. The SMILES string of the molecule is CC(C)NC(=S)NCc1cccc(C(F)(F)F)c1. The van der Waals surface area contributed by atoms with Gasteiger partial charge in [-0.15, -0.1) is 0 Å². The van der Waals surface area contributed by atoms with Gasteiger partial charge in [0.25, 0.3) is 0 Å². The molecule has 6 heteroatoms. The molecule has 0 bridgehead atoms. The van der Waals surface area contributed by atoms with Gasteiger partial charge in [0.15, 0.2) is 5.11 Å². The molecule has 0 aliphatic heterocycles. The molecule has 0 amide bonds. The smallest absolute Gasteiger partial charge is 0.361 e. The molecule has 1 aromatic rings. The van der Waals surface area contributed by atoms with Crippen LogP contribution in [0, 0.1) is 0 Å². The van der Waals surface area contributed by atoms with Gasteiger partial charge in [0, 0.05) is 12.6 Å². The Morgan fingerprint density at radius 3 is 2.56 bits per heavy atom. The average molecular weight is 276 g/mol. The minimum absolute atomic E-state index is 0.187. The van der Waals surface area contributed by atoms with Crippen molar-refractivity contribution < 1.29 is 13.2 Å². The maximum Gasteiger partial charge on any atom is 0.416 e. The van der Waals surface area contributed by atoms with E-state index >= 15 is 0 Å². The van der Waals surface area contributed by atoms with Gasteiger partial charge in [0.05, 0.1) is 5.56 Å². The highest BCUT2D eigenvalue weighted by molar-refractivity contribution is 7.80. The second-order valence-corrected chi connectivity index (χ2v) is 4.59. The van der Waals surface area contributed by atoms with Gasteiger partial charge < -0.3 is 10.6 Å². The third-order valence-corrected chi connectivity index (χ3v) is 2.39. The fourth-order valence-corrected chi connectivity index (χ4v) is 1.66. The molecule has 0 heterocycles. The number of benzene rings is 1. The summed E-state index contributed by atoms with van der Waals surface area (Å²) in [7, 11) is 0. The predicted molar refractivity (Wildman–Crippen MR) is 69.2 cm³/mol. The van der Waals surface area contributed by atoms with E-state index in [4.69, 9.17) is 12.2 Å². The molecule has 0 saturated heterocycles. The van der Waals surface area contributed by atoms with Crippen LogP contribution in [0.4, 0.5) is 13.2 Å². The van der Waals surface area contributed by atoms with E-state index in [2.05, 4.69) is 10.6 Å². The zero-order chi connectivity index (χ0) is 13.8. The first-order valence-corrected chi connectivity index (χ1v) is 5.90. The van der Waals surface area contributed by atoms with Crippen molar-refractivity contribution in [3.63, 3.8) is 0 Å². The second kappa shape index (κ2) is 6.04. The Morgan fingerprint density at radius 1 is 1.33 bits per heavy atom. The number of rotatable bonds is 3. The molecule has 2 nitrogen and oxygen atoms in total. The largest absolute Gasteiger partial charge is 0.416 e. The van der Waals surface area contributed by atoms with Crippen LogP contribution in [-0.2, 0) is 12.7 Å². The van der Waals surface area contributed by atoms with E-state index in [-0.39, 0.29) is 12.6 Å². The van der Waals surface area contributed by atoms with Crippen molar-refractivity contribution in [1.29, 1.82) is 0 Å². The molecule has 1 aromatic carbocycles. The van der Waals surface area contributed by atoms with Crippen LogP contribution in [-0.4, -0.2) is 11.2 Å². The summed E-state index contributed by atoms with van der Waals surface area (Å²) in [6, 6.07) is 5.37. The minimum Gasteiger partial charge on any atom is -0.361 e. The van der Waals surface area contributed by atoms with Crippen LogP contribution in [0.25, 0.3) is 0 Å². The Bertz CT molecular complexity index is 416. The molecule has 0 fully saturated rings. The summed E-state index contributed by atoms with van der Waals surface area (Å²) >= 11 is 4.99. The zero-order valence-corrected chi connectivity index (χ0v) is 11.0. The number of hydrogen-bond donors (Lipinski definition) is 2. The van der Waals surface area contributed by atoms with Crippen LogP contribution < -0.4 is 10.6 Å². The van der Waals surface area contributed by atoms with E-state index in [9.17, 15) is 13.2 Å². The first-order valence-electron chi connectivity index (χ1n) is 5.49. The summed E-state index contributed by atoms with van der Waals surface area (Å²) in [5.74, 6) is 0. The molecular weight excluding hydrogens is 261 g/mol. The van der Waals surface area contributed by atoms with Crippen molar-refractivity contribution in [2.75, 3.05) is 0 Å². The van der Waals surface area contributed by atoms with Gasteiger partial charge in [-0.25, -0.2) is 0 Å². The number of alkyl halides is 3. The maximum absolute atomic E-state index is 12.5. The zero-order valence-electron chi connectivity index (χ0n) is 10.1. The van der Waals surface area contributed by atoms with Crippen molar-refractivity contribution in [1.82, 2.24) is 10.6 Å². The Kier molecular flexibility index (Phi) is 4.95. The molecular formula is C12H15F3N2S. The van der Waals surface area contributed by atoms with Crippen LogP contribution in [0.2, 0.25) is 0 Å². The molecule has 1 rings (SSSR count). The van der Waals surface area contributed by atoms with E-state index in [0.29, 0.717) is 10.7 Å². The van der Waals surface area contributed by atoms with Crippen LogP contribution in [0.1, 0.15) is 25.0 Å². The first kappa shape index (κ1) is 14.8. The van der Waals surface area contributed by atoms with E-state index < -0.39 is 11.7 Å². The topological polar surface area (TPSA) is 24.1 Å². The van der Waals surface area contributed by atoms with E-state index in [1.807, 2.05) is 13.8 Å². The summed E-state index contributed by atoms with van der Waals surface area (Å²) in [5, 5.41) is 6.25. The van der Waals surface area contributed by atoms with Gasteiger partial charge in [-0.3, -0.25) is 0 Å². The lowest BCUT2D eigenvalue weighted by molar-refractivity contribution is -0.137. The highest BCUT2D eigenvalue weighted by atomic mass is 32.1. The fraction of sp³-hybridized carbons (Fsp3) is 0.417. The van der Waals surface area contributed by atoms with Crippen molar-refractivity contribution in [2.45, 2.75) is 32.6 Å². The third-order valence-electron chi connectivity index (χ3n) is 2.13. The summed E-state index contributed by atoms with van der Waals surface area (Å²) < 4.78 is 37.4. The number of halogens is 3. The monoisotopic (exact) mass is 276 g/mol. The Labute approximate surface area is 110 Å². The summed E-state index contributed by atoms with van der Waals surface area (Å²) in [6.07, 6.45) is -4.31. The average Bonchev–Trinajstić information content (AvgIpc) is 2.25. The van der Waals surface area contributed by atoms with Crippen LogP contribution in [0.5, 0.6) is 0 Å². The van der Waals surface area contributed by atoms with Gasteiger partial charge in [0.2, 0.25) is 0 Å². The van der Waals surface area contributed by atoms with Crippen LogP contribution in [0.3, 0.4) is 0 Å². The van der Waals surface area contributed by atoms with Crippen molar-refractivity contribution >= 4 is 17.3 Å². The molecule has 100 valence electrons. The number of hydrogen-bond acceptors (Lipinski definition) is 1. The van der Waals surface area contributed by atoms with Crippen LogP contribution in [0.15, 0.2) is 24.3 Å². The van der Waals surface area contributed by atoms with Gasteiger partial charge in [-0.1, -0.05) is 12.1 Å². The summed E-state index contributed by atoms with van der Waals surface area (Å²) in [5.41, 5.74) is -0.109. The summed E-state index contributed by atoms with van der Waals surface area (Å²) in [6.45, 7) is 4.12. The number of thiocarbonyl (C=S) groups is 1. The highest BCUT2D eigenvalue weighted by Crippen LogP contribution is 2.29. The minimum atomic E-state index is -4.31. The fourth-order valence-electron chi connectivity index (χ4n) is 1.35. The molecule has 0 aliphatic rings. The Hall–Kier alpha value is -1.30. The Morgan fingerprint density at radius 2 is 2.00 bits per heavy atom. The third kappa shape index (κ3) is 4.91. The summed E-state index contributed by atoms with van der Waals surface area (Å²) in [4.78, 5) is 0. The van der Waals surface area contributed by atoms with Gasteiger partial charge in [-0.05, 0) is 43.8 Å². The molecule has 18 heavy (non-hydrogen) atoms. The molecule has 0 spiro atoms. The predicted octanol–water partition coefficient (Wildman–Crippen LogP) is 3.08. The lowest BCUT2D eigenvalue weighted by Gasteiger charge is -2.14. The van der Waals surface area contributed by atoms with Crippen molar-refractivity contribution in [3.05, 3.63) is 35.4 Å². The van der Waals surface area contributed by atoms with Gasteiger partial charge >= 0.3 is 6.18 Å². The quantitative estimate of drug-likeness (QED) is 0.830. The molecule has 0 radical (unpaired) electrons. The van der Waals surface area contributed by atoms with Crippen LogP contribution >= 0.6 is 12.2 Å². The second-order valence-electron chi connectivity index (χ2n) is 4.18. The first-order chi connectivity index (χ1) is 8.29.